The summed E-state index contributed by atoms with van der Waals surface area (Å²) in [5, 5.41) is 7.83. The molecule has 5 nitrogen and oxygen atoms in total. The number of nitrogens with zero attached hydrogens (tertiary/aromatic N) is 3. The fourth-order valence-electron chi connectivity index (χ4n) is 3.86. The van der Waals surface area contributed by atoms with Crippen LogP contribution in [0.15, 0.2) is 61.1 Å². The van der Waals surface area contributed by atoms with Crippen LogP contribution < -0.4 is 5.32 Å². The second-order valence-electron chi connectivity index (χ2n) is 8.00. The van der Waals surface area contributed by atoms with E-state index in [4.69, 9.17) is 0 Å². The standard InChI is InChI=1S/C22H24N4O/c1-22(2)11-19(25-21(27)17-9-6-10-23-13-17)18-14-24-26(20(18)12-22)15-16-7-4-3-5-8-16/h3-10,13-14,19H,11-12,15H2,1-2H3,(H,25,27). The van der Waals surface area contributed by atoms with E-state index in [0.717, 1.165) is 24.9 Å². The molecule has 1 aliphatic carbocycles. The lowest BCUT2D eigenvalue weighted by Crippen LogP contribution is -2.37. The number of fused-ring (bicyclic) bond motifs is 1. The minimum Gasteiger partial charge on any atom is -0.345 e. The van der Waals surface area contributed by atoms with Crippen LogP contribution in [-0.2, 0) is 13.0 Å². The molecule has 1 amide bonds. The van der Waals surface area contributed by atoms with Crippen molar-refractivity contribution in [3.8, 4) is 0 Å². The average molecular weight is 360 g/mol. The van der Waals surface area contributed by atoms with Crippen molar-refractivity contribution in [3.63, 3.8) is 0 Å². The van der Waals surface area contributed by atoms with Crippen LogP contribution in [0.4, 0.5) is 0 Å². The average Bonchev–Trinajstić information content (AvgIpc) is 3.05. The highest BCUT2D eigenvalue weighted by Gasteiger charge is 2.35. The third-order valence-corrected chi connectivity index (χ3v) is 5.16. The Morgan fingerprint density at radius 2 is 2.00 bits per heavy atom. The number of amides is 1. The van der Waals surface area contributed by atoms with Gasteiger partial charge in [-0.1, -0.05) is 44.2 Å². The fraction of sp³-hybridized carbons (Fsp3) is 0.318. The van der Waals surface area contributed by atoms with E-state index >= 15 is 0 Å². The molecule has 5 heteroatoms. The van der Waals surface area contributed by atoms with E-state index in [0.29, 0.717) is 5.56 Å². The molecule has 0 radical (unpaired) electrons. The smallest absolute Gasteiger partial charge is 0.253 e. The molecular weight excluding hydrogens is 336 g/mol. The van der Waals surface area contributed by atoms with E-state index in [9.17, 15) is 4.79 Å². The SMILES string of the molecule is CC1(C)Cc2c(cnn2Cc2ccccc2)C(NC(=O)c2cccnc2)C1. The first-order valence-corrected chi connectivity index (χ1v) is 9.31. The quantitative estimate of drug-likeness (QED) is 0.770. The number of carbonyl (C=O) groups excluding carboxylic acids is 1. The predicted octanol–water partition coefficient (Wildman–Crippen LogP) is 3.77. The van der Waals surface area contributed by atoms with Gasteiger partial charge in [0.2, 0.25) is 0 Å². The number of hydrogen-bond donors (Lipinski definition) is 1. The number of nitrogens with one attached hydrogen (secondary N) is 1. The minimum absolute atomic E-state index is 0.0408. The number of hydrogen-bond acceptors (Lipinski definition) is 3. The Labute approximate surface area is 159 Å². The number of rotatable bonds is 4. The summed E-state index contributed by atoms with van der Waals surface area (Å²) in [5.74, 6) is -0.0902. The number of pyridine rings is 1. The van der Waals surface area contributed by atoms with Crippen molar-refractivity contribution in [2.45, 2.75) is 39.3 Å². The maximum atomic E-state index is 12.7. The molecule has 0 bridgehead atoms. The molecule has 0 spiro atoms. The molecule has 138 valence electrons. The van der Waals surface area contributed by atoms with E-state index in [1.54, 1.807) is 24.5 Å². The molecule has 2 aromatic heterocycles. The highest BCUT2D eigenvalue weighted by molar-refractivity contribution is 5.94. The van der Waals surface area contributed by atoms with Crippen LogP contribution in [0.5, 0.6) is 0 Å². The van der Waals surface area contributed by atoms with Gasteiger partial charge in [-0.2, -0.15) is 5.10 Å². The van der Waals surface area contributed by atoms with Gasteiger partial charge in [0.1, 0.15) is 0 Å². The molecule has 1 atom stereocenters. The van der Waals surface area contributed by atoms with Crippen molar-refractivity contribution >= 4 is 5.91 Å². The summed E-state index contributed by atoms with van der Waals surface area (Å²) in [6, 6.07) is 13.9. The van der Waals surface area contributed by atoms with Gasteiger partial charge in [-0.25, -0.2) is 0 Å². The molecule has 1 aromatic carbocycles. The zero-order valence-electron chi connectivity index (χ0n) is 15.7. The first-order valence-electron chi connectivity index (χ1n) is 9.31. The molecule has 0 aliphatic heterocycles. The lowest BCUT2D eigenvalue weighted by molar-refractivity contribution is 0.0918. The predicted molar refractivity (Wildman–Crippen MR) is 104 cm³/mol. The van der Waals surface area contributed by atoms with Crippen molar-refractivity contribution in [3.05, 3.63) is 83.4 Å². The molecule has 1 N–H and O–H groups in total. The minimum atomic E-state index is -0.0902. The summed E-state index contributed by atoms with van der Waals surface area (Å²) in [7, 11) is 0. The van der Waals surface area contributed by atoms with Gasteiger partial charge in [0.25, 0.3) is 5.91 Å². The maximum absolute atomic E-state index is 12.7. The van der Waals surface area contributed by atoms with Crippen molar-refractivity contribution in [1.29, 1.82) is 0 Å². The summed E-state index contributed by atoms with van der Waals surface area (Å²) >= 11 is 0. The summed E-state index contributed by atoms with van der Waals surface area (Å²) < 4.78 is 2.08. The number of benzene rings is 1. The molecule has 0 saturated carbocycles. The van der Waals surface area contributed by atoms with Gasteiger partial charge in [0, 0.05) is 23.7 Å². The van der Waals surface area contributed by atoms with Crippen LogP contribution in [0.25, 0.3) is 0 Å². The van der Waals surface area contributed by atoms with E-state index in [2.05, 4.69) is 46.1 Å². The fourth-order valence-corrected chi connectivity index (χ4v) is 3.86. The largest absolute Gasteiger partial charge is 0.345 e. The van der Waals surface area contributed by atoms with Crippen LogP contribution in [0, 0.1) is 5.41 Å². The summed E-state index contributed by atoms with van der Waals surface area (Å²) in [6.07, 6.45) is 7.04. The van der Waals surface area contributed by atoms with Gasteiger partial charge in [0.15, 0.2) is 0 Å². The Morgan fingerprint density at radius 3 is 2.74 bits per heavy atom. The van der Waals surface area contributed by atoms with Gasteiger partial charge in [0.05, 0.1) is 24.3 Å². The first-order chi connectivity index (χ1) is 13.0. The monoisotopic (exact) mass is 360 g/mol. The Hall–Kier alpha value is -2.95. The molecular formula is C22H24N4O. The Morgan fingerprint density at radius 1 is 1.19 bits per heavy atom. The van der Waals surface area contributed by atoms with Gasteiger partial charge in [-0.05, 0) is 36.0 Å². The molecule has 0 saturated heterocycles. The van der Waals surface area contributed by atoms with Crippen LogP contribution in [-0.4, -0.2) is 20.7 Å². The highest BCUT2D eigenvalue weighted by atomic mass is 16.1. The molecule has 2 heterocycles. The number of aromatic nitrogens is 3. The van der Waals surface area contributed by atoms with Gasteiger partial charge >= 0.3 is 0 Å². The van der Waals surface area contributed by atoms with Crippen LogP contribution in [0.1, 0.15) is 53.5 Å². The van der Waals surface area contributed by atoms with Crippen LogP contribution >= 0.6 is 0 Å². The number of carbonyl (C=O) groups is 1. The molecule has 3 aromatic rings. The third kappa shape index (κ3) is 3.77. The molecule has 0 fully saturated rings. The lowest BCUT2D eigenvalue weighted by Gasteiger charge is -2.36. The topological polar surface area (TPSA) is 59.8 Å². The van der Waals surface area contributed by atoms with E-state index in [-0.39, 0.29) is 17.4 Å². The van der Waals surface area contributed by atoms with Crippen molar-refractivity contribution in [1.82, 2.24) is 20.1 Å². The zero-order valence-corrected chi connectivity index (χ0v) is 15.7. The van der Waals surface area contributed by atoms with Crippen molar-refractivity contribution in [2.24, 2.45) is 5.41 Å². The summed E-state index contributed by atoms with van der Waals surface area (Å²) in [5.41, 5.74) is 4.24. The second kappa shape index (κ2) is 6.99. The zero-order chi connectivity index (χ0) is 18.9. The Kier molecular flexibility index (Phi) is 4.52. The normalized spacial score (nSPS) is 17.9. The lowest BCUT2D eigenvalue weighted by atomic mass is 9.74. The first kappa shape index (κ1) is 17.5. The van der Waals surface area contributed by atoms with Crippen molar-refractivity contribution in [2.75, 3.05) is 0 Å². The van der Waals surface area contributed by atoms with E-state index < -0.39 is 0 Å². The van der Waals surface area contributed by atoms with Crippen LogP contribution in [0.3, 0.4) is 0 Å². The Bertz CT molecular complexity index is 931. The third-order valence-electron chi connectivity index (χ3n) is 5.16. The Balaban J connectivity index is 1.61. The molecule has 1 aliphatic rings. The van der Waals surface area contributed by atoms with E-state index in [1.807, 2.05) is 24.4 Å². The highest BCUT2D eigenvalue weighted by Crippen LogP contribution is 2.40. The van der Waals surface area contributed by atoms with Gasteiger partial charge < -0.3 is 5.32 Å². The van der Waals surface area contributed by atoms with Crippen LogP contribution in [0.2, 0.25) is 0 Å². The molecule has 27 heavy (non-hydrogen) atoms. The van der Waals surface area contributed by atoms with Crippen molar-refractivity contribution < 1.29 is 4.79 Å². The van der Waals surface area contributed by atoms with Gasteiger partial charge in [-0.15, -0.1) is 0 Å². The molecule has 1 unspecified atom stereocenters. The van der Waals surface area contributed by atoms with E-state index in [1.165, 1.54) is 11.3 Å². The maximum Gasteiger partial charge on any atom is 0.253 e. The molecule has 4 rings (SSSR count). The van der Waals surface area contributed by atoms with Gasteiger partial charge in [-0.3, -0.25) is 14.5 Å². The second-order valence-corrected chi connectivity index (χ2v) is 8.00. The summed E-state index contributed by atoms with van der Waals surface area (Å²) in [6.45, 7) is 5.24. The summed E-state index contributed by atoms with van der Waals surface area (Å²) in [4.78, 5) is 16.7.